The molecular formula is C13H18N4. The maximum absolute atomic E-state index is 5.85. The van der Waals surface area contributed by atoms with Crippen LogP contribution in [0.25, 0.3) is 0 Å². The summed E-state index contributed by atoms with van der Waals surface area (Å²) < 4.78 is 2.02. The van der Waals surface area contributed by atoms with Crippen LogP contribution in [0.3, 0.4) is 0 Å². The van der Waals surface area contributed by atoms with Crippen molar-refractivity contribution < 1.29 is 0 Å². The number of nitrogens with two attached hydrogens (primary N) is 1. The normalized spacial score (nSPS) is 10.5. The quantitative estimate of drug-likeness (QED) is 0.820. The maximum Gasteiger partial charge on any atom is 0.127 e. The third kappa shape index (κ3) is 2.58. The van der Waals surface area contributed by atoms with Crippen LogP contribution in [0.15, 0.2) is 30.6 Å². The van der Waals surface area contributed by atoms with Gasteiger partial charge in [0, 0.05) is 37.9 Å². The Morgan fingerprint density at radius 3 is 2.71 bits per heavy atom. The molecule has 1 aromatic heterocycles. The summed E-state index contributed by atoms with van der Waals surface area (Å²) in [6, 6.07) is 6.08. The second kappa shape index (κ2) is 4.49. The Kier molecular flexibility index (Phi) is 3.04. The van der Waals surface area contributed by atoms with Crippen LogP contribution in [-0.4, -0.2) is 16.6 Å². The van der Waals surface area contributed by atoms with Gasteiger partial charge in [0.05, 0.1) is 6.54 Å². The molecule has 4 nitrogen and oxygen atoms in total. The number of nitrogen functional groups attached to an aromatic ring is 1. The number of hydrogen-bond donors (Lipinski definition) is 1. The number of imidazole rings is 1. The molecule has 0 saturated carbocycles. The van der Waals surface area contributed by atoms with Crippen molar-refractivity contribution in [3.8, 4) is 0 Å². The van der Waals surface area contributed by atoms with Crippen molar-refractivity contribution in [2.24, 2.45) is 7.05 Å². The number of hydrogen-bond acceptors (Lipinski definition) is 3. The monoisotopic (exact) mass is 230 g/mol. The van der Waals surface area contributed by atoms with Gasteiger partial charge in [-0.3, -0.25) is 0 Å². The molecule has 0 bridgehead atoms. The Labute approximate surface area is 102 Å². The van der Waals surface area contributed by atoms with Gasteiger partial charge in [-0.1, -0.05) is 0 Å². The number of anilines is 2. The van der Waals surface area contributed by atoms with Gasteiger partial charge < -0.3 is 15.2 Å². The predicted molar refractivity (Wildman–Crippen MR) is 70.9 cm³/mol. The molecule has 0 fully saturated rings. The first-order valence-electron chi connectivity index (χ1n) is 5.61. The maximum atomic E-state index is 5.85. The van der Waals surface area contributed by atoms with E-state index in [4.69, 9.17) is 5.73 Å². The molecule has 17 heavy (non-hydrogen) atoms. The molecule has 0 amide bonds. The largest absolute Gasteiger partial charge is 0.399 e. The molecule has 90 valence electrons. The van der Waals surface area contributed by atoms with Gasteiger partial charge in [0.15, 0.2) is 0 Å². The molecule has 2 rings (SSSR count). The summed E-state index contributed by atoms with van der Waals surface area (Å²) >= 11 is 0. The number of benzene rings is 1. The molecule has 1 heterocycles. The average Bonchev–Trinajstić information content (AvgIpc) is 2.63. The van der Waals surface area contributed by atoms with Crippen molar-refractivity contribution in [2.45, 2.75) is 13.5 Å². The lowest BCUT2D eigenvalue weighted by molar-refractivity contribution is 0.761. The molecule has 0 saturated heterocycles. The SMILES string of the molecule is Cc1cc(N)cc(N(C)Cc2nccn2C)c1. The minimum atomic E-state index is 0.770. The highest BCUT2D eigenvalue weighted by Gasteiger charge is 2.06. The topological polar surface area (TPSA) is 47.1 Å². The van der Waals surface area contributed by atoms with E-state index in [1.807, 2.05) is 43.2 Å². The van der Waals surface area contributed by atoms with E-state index in [9.17, 15) is 0 Å². The van der Waals surface area contributed by atoms with Gasteiger partial charge in [-0.15, -0.1) is 0 Å². The van der Waals surface area contributed by atoms with E-state index in [1.54, 1.807) is 0 Å². The van der Waals surface area contributed by atoms with E-state index in [0.717, 1.165) is 23.7 Å². The molecule has 0 radical (unpaired) electrons. The molecule has 0 atom stereocenters. The minimum Gasteiger partial charge on any atom is -0.399 e. The minimum absolute atomic E-state index is 0.770. The van der Waals surface area contributed by atoms with Crippen LogP contribution >= 0.6 is 0 Å². The zero-order valence-corrected chi connectivity index (χ0v) is 10.5. The van der Waals surface area contributed by atoms with Crippen LogP contribution in [0.5, 0.6) is 0 Å². The highest BCUT2D eigenvalue weighted by atomic mass is 15.2. The molecule has 2 N–H and O–H groups in total. The zero-order valence-electron chi connectivity index (χ0n) is 10.5. The Balaban J connectivity index is 2.20. The molecule has 0 aliphatic rings. The first kappa shape index (κ1) is 11.5. The summed E-state index contributed by atoms with van der Waals surface area (Å²) in [4.78, 5) is 6.46. The van der Waals surface area contributed by atoms with E-state index in [0.29, 0.717) is 0 Å². The molecule has 1 aromatic carbocycles. The smallest absolute Gasteiger partial charge is 0.127 e. The highest BCUT2D eigenvalue weighted by molar-refractivity contribution is 5.57. The molecule has 0 aliphatic carbocycles. The van der Waals surface area contributed by atoms with Crippen molar-refractivity contribution in [1.82, 2.24) is 9.55 Å². The van der Waals surface area contributed by atoms with Crippen LogP contribution in [0.4, 0.5) is 11.4 Å². The Hall–Kier alpha value is -1.97. The second-order valence-electron chi connectivity index (χ2n) is 4.41. The highest BCUT2D eigenvalue weighted by Crippen LogP contribution is 2.20. The standard InChI is InChI=1S/C13H18N4/c1-10-6-11(14)8-12(7-10)17(3)9-13-15-4-5-16(13)2/h4-8H,9,14H2,1-3H3. The number of aromatic nitrogens is 2. The van der Waals surface area contributed by atoms with Crippen molar-refractivity contribution in [1.29, 1.82) is 0 Å². The van der Waals surface area contributed by atoms with Crippen LogP contribution in [0.1, 0.15) is 11.4 Å². The van der Waals surface area contributed by atoms with Gasteiger partial charge in [-0.05, 0) is 30.7 Å². The van der Waals surface area contributed by atoms with Crippen LogP contribution in [-0.2, 0) is 13.6 Å². The van der Waals surface area contributed by atoms with Crippen LogP contribution in [0.2, 0.25) is 0 Å². The van der Waals surface area contributed by atoms with Gasteiger partial charge in [0.25, 0.3) is 0 Å². The summed E-state index contributed by atoms with van der Waals surface area (Å²) in [5.74, 6) is 1.03. The molecule has 0 aliphatic heterocycles. The van der Waals surface area contributed by atoms with E-state index >= 15 is 0 Å². The van der Waals surface area contributed by atoms with Gasteiger partial charge in [-0.25, -0.2) is 4.98 Å². The third-order valence-corrected chi connectivity index (χ3v) is 2.82. The van der Waals surface area contributed by atoms with Gasteiger partial charge in [-0.2, -0.15) is 0 Å². The van der Waals surface area contributed by atoms with Gasteiger partial charge in [0.2, 0.25) is 0 Å². The number of aryl methyl sites for hydroxylation is 2. The van der Waals surface area contributed by atoms with Crippen LogP contribution in [0, 0.1) is 6.92 Å². The molecule has 4 heteroatoms. The Morgan fingerprint density at radius 2 is 2.12 bits per heavy atom. The fourth-order valence-corrected chi connectivity index (χ4v) is 1.86. The number of nitrogens with zero attached hydrogens (tertiary/aromatic N) is 3. The third-order valence-electron chi connectivity index (χ3n) is 2.82. The first-order chi connectivity index (χ1) is 8.06. The fraction of sp³-hybridized carbons (Fsp3) is 0.308. The van der Waals surface area contributed by atoms with E-state index in [-0.39, 0.29) is 0 Å². The van der Waals surface area contributed by atoms with E-state index in [1.165, 1.54) is 5.56 Å². The molecule has 0 spiro atoms. The summed E-state index contributed by atoms with van der Waals surface area (Å²) in [5.41, 5.74) is 8.94. The lowest BCUT2D eigenvalue weighted by atomic mass is 10.2. The van der Waals surface area contributed by atoms with Gasteiger partial charge in [0.1, 0.15) is 5.82 Å². The summed E-state index contributed by atoms with van der Waals surface area (Å²) in [6.07, 6.45) is 3.77. The molecule has 2 aromatic rings. The van der Waals surface area contributed by atoms with Crippen molar-refractivity contribution in [2.75, 3.05) is 17.7 Å². The summed E-state index contributed by atoms with van der Waals surface area (Å²) in [5, 5.41) is 0. The van der Waals surface area contributed by atoms with Crippen molar-refractivity contribution >= 4 is 11.4 Å². The van der Waals surface area contributed by atoms with E-state index < -0.39 is 0 Å². The first-order valence-corrected chi connectivity index (χ1v) is 5.61. The van der Waals surface area contributed by atoms with E-state index in [2.05, 4.69) is 22.9 Å². The van der Waals surface area contributed by atoms with Crippen molar-refractivity contribution in [3.05, 3.63) is 42.0 Å². The summed E-state index contributed by atoms with van der Waals surface area (Å²) in [6.45, 7) is 2.82. The lowest BCUT2D eigenvalue weighted by Crippen LogP contribution is -2.19. The fourth-order valence-electron chi connectivity index (χ4n) is 1.86. The van der Waals surface area contributed by atoms with Gasteiger partial charge >= 0.3 is 0 Å². The predicted octanol–water partition coefficient (Wildman–Crippen LogP) is 1.95. The van der Waals surface area contributed by atoms with Crippen LogP contribution < -0.4 is 10.6 Å². The second-order valence-corrected chi connectivity index (χ2v) is 4.41. The zero-order chi connectivity index (χ0) is 12.4. The average molecular weight is 230 g/mol. The number of rotatable bonds is 3. The lowest BCUT2D eigenvalue weighted by Gasteiger charge is -2.20. The molecular weight excluding hydrogens is 212 g/mol. The van der Waals surface area contributed by atoms with Crippen molar-refractivity contribution in [3.63, 3.8) is 0 Å². The molecule has 0 unspecified atom stereocenters. The summed E-state index contributed by atoms with van der Waals surface area (Å²) in [7, 11) is 4.05. The Morgan fingerprint density at radius 1 is 1.35 bits per heavy atom. The Bertz CT molecular complexity index is 496.